The number of halogens is 1. The molecule has 0 unspecified atom stereocenters. The van der Waals surface area contributed by atoms with Crippen molar-refractivity contribution in [3.63, 3.8) is 0 Å². The van der Waals surface area contributed by atoms with Crippen molar-refractivity contribution in [1.82, 2.24) is 0 Å². The van der Waals surface area contributed by atoms with Gasteiger partial charge in [-0.25, -0.2) is 8.42 Å². The summed E-state index contributed by atoms with van der Waals surface area (Å²) in [6.07, 6.45) is 0. The van der Waals surface area contributed by atoms with Gasteiger partial charge >= 0.3 is 0 Å². The molecule has 1 amide bonds. The van der Waals surface area contributed by atoms with Crippen molar-refractivity contribution in [2.45, 2.75) is 30.6 Å². The molecule has 2 N–H and O–H groups in total. The highest BCUT2D eigenvalue weighted by Crippen LogP contribution is 2.30. The van der Waals surface area contributed by atoms with E-state index in [9.17, 15) is 18.3 Å². The number of phenols is 1. The number of hydrogen-bond donors (Lipinski definition) is 2. The number of hydrogen-bond acceptors (Lipinski definition) is 4. The van der Waals surface area contributed by atoms with Gasteiger partial charge in [-0.1, -0.05) is 35.4 Å². The zero-order valence-electron chi connectivity index (χ0n) is 16.2. The third kappa shape index (κ3) is 4.28. The second-order valence-corrected chi connectivity index (χ2v) is 9.25. The van der Waals surface area contributed by atoms with E-state index in [0.717, 1.165) is 11.1 Å². The summed E-state index contributed by atoms with van der Waals surface area (Å²) in [5.41, 5.74) is 2.55. The van der Waals surface area contributed by atoms with Crippen molar-refractivity contribution < 1.29 is 18.3 Å². The molecule has 0 saturated heterocycles. The molecule has 0 aromatic heterocycles. The summed E-state index contributed by atoms with van der Waals surface area (Å²) in [4.78, 5) is 12.8. The van der Waals surface area contributed by atoms with Gasteiger partial charge in [0.1, 0.15) is 5.75 Å². The lowest BCUT2D eigenvalue weighted by molar-refractivity contribution is 0.102. The Morgan fingerprint density at radius 1 is 0.897 bits per heavy atom. The van der Waals surface area contributed by atoms with E-state index in [1.165, 1.54) is 30.3 Å². The van der Waals surface area contributed by atoms with Gasteiger partial charge in [0.15, 0.2) is 0 Å². The Morgan fingerprint density at radius 3 is 2.17 bits per heavy atom. The smallest absolute Gasteiger partial charge is 0.259 e. The minimum absolute atomic E-state index is 0.00528. The van der Waals surface area contributed by atoms with Crippen molar-refractivity contribution in [3.05, 3.63) is 81.9 Å². The highest BCUT2D eigenvalue weighted by atomic mass is 35.5. The molecule has 5 nitrogen and oxygen atoms in total. The van der Waals surface area contributed by atoms with E-state index in [-0.39, 0.29) is 31.8 Å². The lowest BCUT2D eigenvalue weighted by atomic mass is 10.0. The number of amides is 1. The van der Waals surface area contributed by atoms with Crippen LogP contribution < -0.4 is 5.32 Å². The molecule has 0 spiro atoms. The number of carbonyl (C=O) groups is 1. The average molecular weight is 430 g/mol. The summed E-state index contributed by atoms with van der Waals surface area (Å²) in [5, 5.41) is 13.0. The molecule has 3 aromatic carbocycles. The Labute approximate surface area is 174 Å². The van der Waals surface area contributed by atoms with Crippen LogP contribution in [0.4, 0.5) is 5.69 Å². The molecule has 150 valence electrons. The highest BCUT2D eigenvalue weighted by Gasteiger charge is 2.21. The SMILES string of the molecule is Cc1ccc(S(=O)(=O)c2ccc(Cl)c(NC(=O)c3cc(C)cc(C)c3O)c2)cc1. The number of benzene rings is 3. The monoisotopic (exact) mass is 429 g/mol. The van der Waals surface area contributed by atoms with Crippen LogP contribution in [0.25, 0.3) is 0 Å². The summed E-state index contributed by atoms with van der Waals surface area (Å²) in [6, 6.07) is 13.9. The minimum Gasteiger partial charge on any atom is -0.507 e. The number of phenolic OH excluding ortho intramolecular Hbond substituents is 1. The lowest BCUT2D eigenvalue weighted by Crippen LogP contribution is -2.14. The Bertz CT molecular complexity index is 1200. The molecule has 0 heterocycles. The fourth-order valence-corrected chi connectivity index (χ4v) is 4.40. The summed E-state index contributed by atoms with van der Waals surface area (Å²) >= 11 is 6.17. The molecule has 0 aliphatic rings. The van der Waals surface area contributed by atoms with Crippen molar-refractivity contribution in [3.8, 4) is 5.75 Å². The first-order valence-corrected chi connectivity index (χ1v) is 10.7. The first-order chi connectivity index (χ1) is 13.6. The second kappa shape index (κ2) is 7.89. The summed E-state index contributed by atoms with van der Waals surface area (Å²) in [5.74, 6) is -0.714. The number of anilines is 1. The molecule has 0 bridgehead atoms. The standard InChI is InChI=1S/C22H20ClNO4S/c1-13-4-6-16(7-5-13)29(27,28)17-8-9-19(23)20(12-17)24-22(26)18-11-14(2)10-15(3)21(18)25/h4-12,25H,1-3H3,(H,24,26). The van der Waals surface area contributed by atoms with Gasteiger partial charge in [0.2, 0.25) is 9.84 Å². The quantitative estimate of drug-likeness (QED) is 0.607. The van der Waals surface area contributed by atoms with Gasteiger partial charge in [-0.15, -0.1) is 0 Å². The zero-order chi connectivity index (χ0) is 21.3. The molecule has 0 atom stereocenters. The summed E-state index contributed by atoms with van der Waals surface area (Å²) in [7, 11) is -3.78. The molecular weight excluding hydrogens is 410 g/mol. The lowest BCUT2D eigenvalue weighted by Gasteiger charge is -2.12. The van der Waals surface area contributed by atoms with Crippen LogP contribution in [0, 0.1) is 20.8 Å². The van der Waals surface area contributed by atoms with Gasteiger partial charge in [0.05, 0.1) is 26.1 Å². The maximum atomic E-state index is 12.9. The van der Waals surface area contributed by atoms with Crippen LogP contribution in [-0.2, 0) is 9.84 Å². The van der Waals surface area contributed by atoms with E-state index in [0.29, 0.717) is 5.56 Å². The summed E-state index contributed by atoms with van der Waals surface area (Å²) < 4.78 is 25.8. The van der Waals surface area contributed by atoms with Gasteiger partial charge < -0.3 is 10.4 Å². The van der Waals surface area contributed by atoms with E-state index in [4.69, 9.17) is 11.6 Å². The van der Waals surface area contributed by atoms with E-state index >= 15 is 0 Å². The van der Waals surface area contributed by atoms with Crippen molar-refractivity contribution in [2.75, 3.05) is 5.32 Å². The molecule has 0 aliphatic heterocycles. The molecule has 0 aliphatic carbocycles. The Hall–Kier alpha value is -2.83. The molecule has 0 fully saturated rings. The highest BCUT2D eigenvalue weighted by molar-refractivity contribution is 7.91. The normalized spacial score (nSPS) is 11.3. The van der Waals surface area contributed by atoms with Crippen LogP contribution in [0.1, 0.15) is 27.0 Å². The molecule has 29 heavy (non-hydrogen) atoms. The third-order valence-electron chi connectivity index (χ3n) is 4.52. The van der Waals surface area contributed by atoms with E-state index < -0.39 is 15.7 Å². The Kier molecular flexibility index (Phi) is 5.68. The number of aryl methyl sites for hydroxylation is 3. The number of carbonyl (C=O) groups excluding carboxylic acids is 1. The van der Waals surface area contributed by atoms with Gasteiger partial charge in [0.25, 0.3) is 5.91 Å². The molecule has 3 rings (SSSR count). The van der Waals surface area contributed by atoms with Crippen LogP contribution >= 0.6 is 11.6 Å². The Balaban J connectivity index is 1.98. The van der Waals surface area contributed by atoms with Crippen molar-refractivity contribution >= 4 is 33.0 Å². The third-order valence-corrected chi connectivity index (χ3v) is 6.61. The molecule has 7 heteroatoms. The topological polar surface area (TPSA) is 83.5 Å². The van der Waals surface area contributed by atoms with Crippen LogP contribution in [-0.4, -0.2) is 19.4 Å². The van der Waals surface area contributed by atoms with Gasteiger partial charge in [-0.2, -0.15) is 0 Å². The predicted molar refractivity (Wildman–Crippen MR) is 114 cm³/mol. The number of nitrogens with one attached hydrogen (secondary N) is 1. The van der Waals surface area contributed by atoms with Gasteiger partial charge in [-0.05, 0) is 68.3 Å². The fourth-order valence-electron chi connectivity index (χ4n) is 2.94. The predicted octanol–water partition coefficient (Wildman–Crippen LogP) is 5.06. The number of sulfone groups is 1. The van der Waals surface area contributed by atoms with Crippen molar-refractivity contribution in [1.29, 1.82) is 0 Å². The number of aromatic hydroxyl groups is 1. The molecule has 0 radical (unpaired) electrons. The molecule has 3 aromatic rings. The van der Waals surface area contributed by atoms with Crippen LogP contribution in [0.3, 0.4) is 0 Å². The van der Waals surface area contributed by atoms with Crippen LogP contribution in [0.15, 0.2) is 64.4 Å². The minimum atomic E-state index is -3.78. The van der Waals surface area contributed by atoms with Crippen molar-refractivity contribution in [2.24, 2.45) is 0 Å². The van der Waals surface area contributed by atoms with E-state index in [1.807, 2.05) is 13.8 Å². The molecular formula is C22H20ClNO4S. The fraction of sp³-hybridized carbons (Fsp3) is 0.136. The number of rotatable bonds is 4. The molecule has 0 saturated carbocycles. The largest absolute Gasteiger partial charge is 0.507 e. The first kappa shape index (κ1) is 20.9. The van der Waals surface area contributed by atoms with Gasteiger partial charge in [-0.3, -0.25) is 4.79 Å². The Morgan fingerprint density at radius 2 is 1.52 bits per heavy atom. The van der Waals surface area contributed by atoms with E-state index in [2.05, 4.69) is 5.32 Å². The summed E-state index contributed by atoms with van der Waals surface area (Å²) in [6.45, 7) is 5.38. The van der Waals surface area contributed by atoms with E-state index in [1.54, 1.807) is 31.2 Å². The second-order valence-electron chi connectivity index (χ2n) is 6.89. The van der Waals surface area contributed by atoms with Crippen LogP contribution in [0.5, 0.6) is 5.75 Å². The maximum absolute atomic E-state index is 12.9. The van der Waals surface area contributed by atoms with Gasteiger partial charge in [0, 0.05) is 0 Å². The van der Waals surface area contributed by atoms with Crippen LogP contribution in [0.2, 0.25) is 5.02 Å². The zero-order valence-corrected chi connectivity index (χ0v) is 17.7. The average Bonchev–Trinajstić information content (AvgIpc) is 2.66. The maximum Gasteiger partial charge on any atom is 0.259 e. The first-order valence-electron chi connectivity index (χ1n) is 8.82.